The number of hydrogen-bond donors (Lipinski definition) is 1. The lowest BCUT2D eigenvalue weighted by molar-refractivity contribution is 0.598. The van der Waals surface area contributed by atoms with E-state index in [1.807, 2.05) is 19.2 Å². The SMILES string of the molecule is CNC(CSc1ccccc1F)Cc1cc(C)ccc1C. The number of halogens is 1. The summed E-state index contributed by atoms with van der Waals surface area (Å²) in [5, 5.41) is 3.34. The minimum Gasteiger partial charge on any atom is -0.316 e. The first-order valence-electron chi connectivity index (χ1n) is 7.21. The van der Waals surface area contributed by atoms with Crippen molar-refractivity contribution >= 4 is 11.8 Å². The van der Waals surface area contributed by atoms with Crippen molar-refractivity contribution in [3.63, 3.8) is 0 Å². The molecule has 2 rings (SSSR count). The first-order chi connectivity index (χ1) is 10.1. The van der Waals surface area contributed by atoms with E-state index >= 15 is 0 Å². The highest BCUT2D eigenvalue weighted by Crippen LogP contribution is 2.23. The van der Waals surface area contributed by atoms with Gasteiger partial charge >= 0.3 is 0 Å². The minimum atomic E-state index is -0.135. The molecule has 0 aliphatic carbocycles. The van der Waals surface area contributed by atoms with Crippen LogP contribution in [0.1, 0.15) is 16.7 Å². The molecule has 112 valence electrons. The second-order valence-corrected chi connectivity index (χ2v) is 6.42. The van der Waals surface area contributed by atoms with Crippen LogP contribution in [0.25, 0.3) is 0 Å². The fourth-order valence-corrected chi connectivity index (χ4v) is 3.33. The monoisotopic (exact) mass is 303 g/mol. The summed E-state index contributed by atoms with van der Waals surface area (Å²) in [7, 11) is 1.97. The van der Waals surface area contributed by atoms with Gasteiger partial charge in [-0.25, -0.2) is 4.39 Å². The first-order valence-corrected chi connectivity index (χ1v) is 8.19. The first kappa shape index (κ1) is 16.1. The van der Waals surface area contributed by atoms with E-state index in [1.54, 1.807) is 17.8 Å². The molecule has 21 heavy (non-hydrogen) atoms. The molecule has 3 heteroatoms. The van der Waals surface area contributed by atoms with Gasteiger partial charge in [0.25, 0.3) is 0 Å². The van der Waals surface area contributed by atoms with Crippen molar-refractivity contribution in [2.45, 2.75) is 31.2 Å². The van der Waals surface area contributed by atoms with Gasteiger partial charge in [-0.05, 0) is 50.6 Å². The van der Waals surface area contributed by atoms with Crippen LogP contribution in [0.15, 0.2) is 47.4 Å². The molecule has 0 aliphatic rings. The van der Waals surface area contributed by atoms with Gasteiger partial charge < -0.3 is 5.32 Å². The zero-order chi connectivity index (χ0) is 15.2. The number of aryl methyl sites for hydroxylation is 2. The summed E-state index contributed by atoms with van der Waals surface area (Å²) >= 11 is 1.57. The number of hydrogen-bond acceptors (Lipinski definition) is 2. The van der Waals surface area contributed by atoms with Crippen LogP contribution in [0, 0.1) is 19.7 Å². The summed E-state index contributed by atoms with van der Waals surface area (Å²) in [4.78, 5) is 0.721. The van der Waals surface area contributed by atoms with Crippen LogP contribution in [-0.4, -0.2) is 18.8 Å². The number of nitrogens with one attached hydrogen (secondary N) is 1. The Hall–Kier alpha value is -1.32. The van der Waals surface area contributed by atoms with Gasteiger partial charge in [0.15, 0.2) is 0 Å². The normalized spacial score (nSPS) is 12.4. The molecule has 0 radical (unpaired) electrons. The van der Waals surface area contributed by atoms with Crippen molar-refractivity contribution in [2.75, 3.05) is 12.8 Å². The third-order valence-corrected chi connectivity index (χ3v) is 4.87. The van der Waals surface area contributed by atoms with E-state index in [4.69, 9.17) is 0 Å². The van der Waals surface area contributed by atoms with Gasteiger partial charge in [0.05, 0.1) is 0 Å². The van der Waals surface area contributed by atoms with Crippen LogP contribution in [0.5, 0.6) is 0 Å². The zero-order valence-corrected chi connectivity index (χ0v) is 13.6. The van der Waals surface area contributed by atoms with Crippen molar-refractivity contribution < 1.29 is 4.39 Å². The van der Waals surface area contributed by atoms with Gasteiger partial charge in [-0.15, -0.1) is 11.8 Å². The van der Waals surface area contributed by atoms with Crippen LogP contribution >= 0.6 is 11.8 Å². The molecule has 0 saturated heterocycles. The van der Waals surface area contributed by atoms with Gasteiger partial charge in [-0.1, -0.05) is 35.9 Å². The third kappa shape index (κ3) is 4.58. The molecular formula is C18H22FNS. The predicted octanol–water partition coefficient (Wildman–Crippen LogP) is 4.37. The number of thioether (sulfide) groups is 1. The number of benzene rings is 2. The van der Waals surface area contributed by atoms with E-state index in [0.29, 0.717) is 6.04 Å². The molecular weight excluding hydrogens is 281 g/mol. The molecule has 2 aromatic rings. The van der Waals surface area contributed by atoms with E-state index in [-0.39, 0.29) is 5.82 Å². The number of rotatable bonds is 6. The van der Waals surface area contributed by atoms with E-state index in [9.17, 15) is 4.39 Å². The van der Waals surface area contributed by atoms with Crippen LogP contribution in [0.4, 0.5) is 4.39 Å². The zero-order valence-electron chi connectivity index (χ0n) is 12.8. The second kappa shape index (κ2) is 7.62. The second-order valence-electron chi connectivity index (χ2n) is 5.36. The highest BCUT2D eigenvalue weighted by molar-refractivity contribution is 7.99. The Bertz CT molecular complexity index is 598. The Balaban J connectivity index is 2.00. The smallest absolute Gasteiger partial charge is 0.136 e. The lowest BCUT2D eigenvalue weighted by Gasteiger charge is -2.18. The Kier molecular flexibility index (Phi) is 5.83. The van der Waals surface area contributed by atoms with Gasteiger partial charge in [-0.2, -0.15) is 0 Å². The minimum absolute atomic E-state index is 0.135. The van der Waals surface area contributed by atoms with Crippen LogP contribution < -0.4 is 5.32 Å². The molecule has 1 nitrogen and oxygen atoms in total. The Morgan fingerprint density at radius 3 is 2.62 bits per heavy atom. The summed E-state index contributed by atoms with van der Waals surface area (Å²) in [5.41, 5.74) is 3.97. The number of likely N-dealkylation sites (N-methyl/N-ethyl adjacent to an activating group) is 1. The van der Waals surface area contributed by atoms with Crippen molar-refractivity contribution in [3.05, 3.63) is 65.0 Å². The average molecular weight is 303 g/mol. The quantitative estimate of drug-likeness (QED) is 0.796. The van der Waals surface area contributed by atoms with E-state index in [2.05, 4.69) is 37.4 Å². The maximum Gasteiger partial charge on any atom is 0.136 e. The molecule has 0 saturated carbocycles. The molecule has 2 aromatic carbocycles. The molecule has 0 heterocycles. The molecule has 0 aliphatic heterocycles. The summed E-state index contributed by atoms with van der Waals surface area (Å²) in [5.74, 6) is 0.717. The lowest BCUT2D eigenvalue weighted by Crippen LogP contribution is -2.30. The molecule has 0 amide bonds. The van der Waals surface area contributed by atoms with Gasteiger partial charge in [-0.3, -0.25) is 0 Å². The summed E-state index contributed by atoms with van der Waals surface area (Å²) in [6.07, 6.45) is 0.964. The fraction of sp³-hybridized carbons (Fsp3) is 0.333. The van der Waals surface area contributed by atoms with Crippen LogP contribution in [-0.2, 0) is 6.42 Å². The van der Waals surface area contributed by atoms with Crippen molar-refractivity contribution in [1.82, 2.24) is 5.32 Å². The van der Waals surface area contributed by atoms with Gasteiger partial charge in [0, 0.05) is 16.7 Å². The van der Waals surface area contributed by atoms with E-state index in [1.165, 1.54) is 22.8 Å². The molecule has 0 fully saturated rings. The molecule has 0 spiro atoms. The van der Waals surface area contributed by atoms with Crippen molar-refractivity contribution in [1.29, 1.82) is 0 Å². The predicted molar refractivity (Wildman–Crippen MR) is 89.6 cm³/mol. The summed E-state index contributed by atoms with van der Waals surface area (Å²) < 4.78 is 13.6. The largest absolute Gasteiger partial charge is 0.316 e. The topological polar surface area (TPSA) is 12.0 Å². The summed E-state index contributed by atoms with van der Waals surface area (Å²) in [6.45, 7) is 4.26. The summed E-state index contributed by atoms with van der Waals surface area (Å²) in [6, 6.07) is 13.8. The van der Waals surface area contributed by atoms with Gasteiger partial charge in [0.1, 0.15) is 5.82 Å². The highest BCUT2D eigenvalue weighted by atomic mass is 32.2. The van der Waals surface area contributed by atoms with E-state index in [0.717, 1.165) is 17.1 Å². The standard InChI is InChI=1S/C18H22FNS/c1-13-8-9-14(2)15(10-13)11-16(20-3)12-21-18-7-5-4-6-17(18)19/h4-10,16,20H,11-12H2,1-3H3. The Morgan fingerprint density at radius 1 is 1.14 bits per heavy atom. The van der Waals surface area contributed by atoms with Crippen molar-refractivity contribution in [3.8, 4) is 0 Å². The van der Waals surface area contributed by atoms with Crippen LogP contribution in [0.3, 0.4) is 0 Å². The maximum atomic E-state index is 13.6. The molecule has 0 bridgehead atoms. The molecule has 1 unspecified atom stereocenters. The Morgan fingerprint density at radius 2 is 1.90 bits per heavy atom. The van der Waals surface area contributed by atoms with Gasteiger partial charge in [0.2, 0.25) is 0 Å². The maximum absolute atomic E-state index is 13.6. The Labute approximate surface area is 131 Å². The van der Waals surface area contributed by atoms with Crippen molar-refractivity contribution in [2.24, 2.45) is 0 Å². The highest BCUT2D eigenvalue weighted by Gasteiger charge is 2.11. The fourth-order valence-electron chi connectivity index (χ4n) is 2.28. The lowest BCUT2D eigenvalue weighted by atomic mass is 10.00. The van der Waals surface area contributed by atoms with Crippen LogP contribution in [0.2, 0.25) is 0 Å². The average Bonchev–Trinajstić information content (AvgIpc) is 2.48. The molecule has 1 N–H and O–H groups in total. The van der Waals surface area contributed by atoms with E-state index < -0.39 is 0 Å². The third-order valence-electron chi connectivity index (χ3n) is 3.66. The molecule has 0 aromatic heterocycles. The molecule has 1 atom stereocenters.